The number of unbranched alkanes of at least 4 members (excludes halogenated alkanes) is 6. The molecule has 1 aliphatic rings. The van der Waals surface area contributed by atoms with Crippen LogP contribution in [0, 0.1) is 0 Å². The van der Waals surface area contributed by atoms with Crippen LogP contribution in [0.25, 0.3) is 0 Å². The molecule has 1 amide bonds. The normalized spacial score (nSPS) is 19.7. The predicted octanol–water partition coefficient (Wildman–Crippen LogP) is 4.90. The van der Waals surface area contributed by atoms with Crippen LogP contribution in [0.2, 0.25) is 0 Å². The van der Waals surface area contributed by atoms with E-state index in [9.17, 15) is 4.79 Å². The Morgan fingerprint density at radius 2 is 1.79 bits per heavy atom. The number of rotatable bonds is 9. The van der Waals surface area contributed by atoms with Crippen molar-refractivity contribution in [1.82, 2.24) is 4.90 Å². The molecule has 1 unspecified atom stereocenters. The number of hydrogen-bond acceptors (Lipinski definition) is 1. The summed E-state index contributed by atoms with van der Waals surface area (Å²) in [6.45, 7) is 3.23. The second kappa shape index (κ2) is 10.7. The van der Waals surface area contributed by atoms with Gasteiger partial charge in [0.25, 0.3) is 0 Å². The van der Waals surface area contributed by atoms with Gasteiger partial charge in [0, 0.05) is 24.3 Å². The fourth-order valence-electron chi connectivity index (χ4n) is 2.87. The van der Waals surface area contributed by atoms with Crippen LogP contribution in [-0.2, 0) is 4.79 Å². The number of hydrogen-bond donors (Lipinski definition) is 0. The molecule has 0 aromatic heterocycles. The lowest BCUT2D eigenvalue weighted by Gasteiger charge is -2.34. The minimum Gasteiger partial charge on any atom is -0.339 e. The summed E-state index contributed by atoms with van der Waals surface area (Å²) < 4.78 is 0. The summed E-state index contributed by atoms with van der Waals surface area (Å²) in [6.07, 6.45) is 13.4. The molecule has 0 aliphatic carbocycles. The molecule has 0 saturated carbocycles. The molecule has 0 aromatic carbocycles. The zero-order valence-corrected chi connectivity index (χ0v) is 14.1. The molecule has 0 spiro atoms. The van der Waals surface area contributed by atoms with E-state index >= 15 is 0 Å². The van der Waals surface area contributed by atoms with Crippen LogP contribution in [0.5, 0.6) is 0 Å². The molecule has 1 fully saturated rings. The van der Waals surface area contributed by atoms with Gasteiger partial charge >= 0.3 is 0 Å². The van der Waals surface area contributed by atoms with E-state index in [2.05, 4.69) is 27.8 Å². The number of amides is 1. The first kappa shape index (κ1) is 17.0. The van der Waals surface area contributed by atoms with Crippen molar-refractivity contribution >= 4 is 21.8 Å². The van der Waals surface area contributed by atoms with Gasteiger partial charge in [-0.25, -0.2) is 0 Å². The molecule has 1 aliphatic heterocycles. The van der Waals surface area contributed by atoms with Crippen LogP contribution in [0.3, 0.4) is 0 Å². The fourth-order valence-corrected chi connectivity index (χ4v) is 3.54. The Morgan fingerprint density at radius 3 is 2.47 bits per heavy atom. The average Bonchev–Trinajstić information content (AvgIpc) is 2.46. The third kappa shape index (κ3) is 6.78. The Kier molecular flexibility index (Phi) is 9.58. The highest BCUT2D eigenvalue weighted by Gasteiger charge is 2.24. The molecule has 1 heterocycles. The average molecular weight is 332 g/mol. The maximum Gasteiger partial charge on any atom is 0.222 e. The summed E-state index contributed by atoms with van der Waals surface area (Å²) in [4.78, 5) is 14.3. The summed E-state index contributed by atoms with van der Waals surface area (Å²) in [7, 11) is 0. The number of nitrogens with zero attached hydrogens (tertiary/aromatic N) is 1. The number of carbonyl (C=O) groups excluding carboxylic acids is 1. The highest BCUT2D eigenvalue weighted by molar-refractivity contribution is 9.09. The van der Waals surface area contributed by atoms with Crippen LogP contribution in [0.4, 0.5) is 0 Å². The SMILES string of the molecule is CCCCCCCCCC(=O)N1CCCCC1CBr. The van der Waals surface area contributed by atoms with Crippen molar-refractivity contribution in [3.63, 3.8) is 0 Å². The van der Waals surface area contributed by atoms with E-state index in [-0.39, 0.29) is 0 Å². The zero-order chi connectivity index (χ0) is 13.9. The first-order chi connectivity index (χ1) is 9.29. The standard InChI is InChI=1S/C16H30BrNO/c1-2-3-4-5-6-7-8-12-16(19)18-13-10-9-11-15(18)14-17/h15H,2-14H2,1H3. The number of piperidine rings is 1. The first-order valence-corrected chi connectivity index (χ1v) is 9.27. The predicted molar refractivity (Wildman–Crippen MR) is 85.8 cm³/mol. The Labute approximate surface area is 127 Å². The van der Waals surface area contributed by atoms with Crippen LogP contribution in [0.1, 0.15) is 77.6 Å². The highest BCUT2D eigenvalue weighted by atomic mass is 79.9. The van der Waals surface area contributed by atoms with Gasteiger partial charge in [-0.1, -0.05) is 61.4 Å². The van der Waals surface area contributed by atoms with E-state index in [1.165, 1.54) is 57.8 Å². The monoisotopic (exact) mass is 331 g/mol. The maximum absolute atomic E-state index is 12.2. The first-order valence-electron chi connectivity index (χ1n) is 8.15. The minimum atomic E-state index is 0.387. The van der Waals surface area contributed by atoms with Gasteiger partial charge in [0.15, 0.2) is 0 Å². The van der Waals surface area contributed by atoms with Crippen LogP contribution in [0.15, 0.2) is 0 Å². The number of carbonyl (C=O) groups is 1. The van der Waals surface area contributed by atoms with Gasteiger partial charge in [-0.15, -0.1) is 0 Å². The van der Waals surface area contributed by atoms with E-state index < -0.39 is 0 Å². The molecule has 1 rings (SSSR count). The van der Waals surface area contributed by atoms with Crippen molar-refractivity contribution < 1.29 is 4.79 Å². The van der Waals surface area contributed by atoms with Crippen molar-refractivity contribution in [2.24, 2.45) is 0 Å². The van der Waals surface area contributed by atoms with E-state index in [0.29, 0.717) is 11.9 Å². The molecule has 3 heteroatoms. The quantitative estimate of drug-likeness (QED) is 0.434. The van der Waals surface area contributed by atoms with Crippen molar-refractivity contribution in [3.05, 3.63) is 0 Å². The van der Waals surface area contributed by atoms with Crippen molar-refractivity contribution in [2.45, 2.75) is 83.6 Å². The second-order valence-corrected chi connectivity index (χ2v) is 6.41. The summed E-state index contributed by atoms with van der Waals surface area (Å²) in [6, 6.07) is 0.450. The van der Waals surface area contributed by atoms with E-state index in [4.69, 9.17) is 0 Å². The van der Waals surface area contributed by atoms with Crippen LogP contribution in [-0.4, -0.2) is 28.7 Å². The highest BCUT2D eigenvalue weighted by Crippen LogP contribution is 2.20. The second-order valence-electron chi connectivity index (χ2n) is 5.76. The summed E-state index contributed by atoms with van der Waals surface area (Å²) >= 11 is 3.54. The molecule has 19 heavy (non-hydrogen) atoms. The lowest BCUT2D eigenvalue weighted by molar-refractivity contribution is -0.134. The zero-order valence-electron chi connectivity index (χ0n) is 12.5. The summed E-state index contributed by atoms with van der Waals surface area (Å²) in [5.74, 6) is 0.387. The van der Waals surface area contributed by atoms with E-state index in [0.717, 1.165) is 24.7 Å². The van der Waals surface area contributed by atoms with Crippen molar-refractivity contribution in [3.8, 4) is 0 Å². The molecular weight excluding hydrogens is 302 g/mol. The van der Waals surface area contributed by atoms with Gasteiger partial charge in [0.1, 0.15) is 0 Å². The van der Waals surface area contributed by atoms with Crippen LogP contribution >= 0.6 is 15.9 Å². The maximum atomic E-state index is 12.2. The molecule has 1 atom stereocenters. The third-order valence-corrected chi connectivity index (χ3v) is 4.87. The van der Waals surface area contributed by atoms with E-state index in [1.54, 1.807) is 0 Å². The minimum absolute atomic E-state index is 0.387. The van der Waals surface area contributed by atoms with Gasteiger partial charge in [0.2, 0.25) is 5.91 Å². The molecule has 0 aromatic rings. The Hall–Kier alpha value is -0.0500. The number of likely N-dealkylation sites (tertiary alicyclic amines) is 1. The van der Waals surface area contributed by atoms with Gasteiger partial charge < -0.3 is 4.90 Å². The summed E-state index contributed by atoms with van der Waals surface area (Å²) in [5, 5.41) is 0.940. The Bertz CT molecular complexity index is 245. The topological polar surface area (TPSA) is 20.3 Å². The smallest absolute Gasteiger partial charge is 0.222 e. The van der Waals surface area contributed by atoms with Crippen LogP contribution < -0.4 is 0 Å². The van der Waals surface area contributed by atoms with Gasteiger partial charge in [-0.2, -0.15) is 0 Å². The Balaban J connectivity index is 2.09. The molecule has 0 bridgehead atoms. The molecule has 1 saturated heterocycles. The lowest BCUT2D eigenvalue weighted by Crippen LogP contribution is -2.44. The molecule has 2 nitrogen and oxygen atoms in total. The third-order valence-electron chi connectivity index (χ3n) is 4.12. The summed E-state index contributed by atoms with van der Waals surface area (Å²) in [5.41, 5.74) is 0. The Morgan fingerprint density at radius 1 is 1.11 bits per heavy atom. The molecular formula is C16H30BrNO. The molecule has 0 radical (unpaired) electrons. The number of alkyl halides is 1. The molecule has 0 N–H and O–H groups in total. The van der Waals surface area contributed by atoms with Crippen molar-refractivity contribution in [2.75, 3.05) is 11.9 Å². The largest absolute Gasteiger partial charge is 0.339 e. The van der Waals surface area contributed by atoms with Crippen molar-refractivity contribution in [1.29, 1.82) is 0 Å². The van der Waals surface area contributed by atoms with E-state index in [1.807, 2.05) is 0 Å². The van der Waals surface area contributed by atoms with Gasteiger partial charge in [-0.05, 0) is 25.7 Å². The fraction of sp³-hybridized carbons (Fsp3) is 0.938. The van der Waals surface area contributed by atoms with Gasteiger partial charge in [0.05, 0.1) is 0 Å². The molecule has 112 valence electrons. The number of halogens is 1. The van der Waals surface area contributed by atoms with Gasteiger partial charge in [-0.3, -0.25) is 4.79 Å². The lowest BCUT2D eigenvalue weighted by atomic mass is 10.0.